The summed E-state index contributed by atoms with van der Waals surface area (Å²) in [6.07, 6.45) is 6.39. The van der Waals surface area contributed by atoms with E-state index in [0.29, 0.717) is 10.9 Å². The lowest BCUT2D eigenvalue weighted by Crippen LogP contribution is -2.00. The van der Waals surface area contributed by atoms with Crippen LogP contribution in [0.4, 0.5) is 0 Å². The minimum absolute atomic E-state index is 0.418. The molecule has 0 amide bonds. The van der Waals surface area contributed by atoms with Gasteiger partial charge in [-0.15, -0.1) is 0 Å². The highest BCUT2D eigenvalue weighted by Crippen LogP contribution is 2.30. The molecule has 3 heterocycles. The van der Waals surface area contributed by atoms with E-state index in [1.165, 1.54) is 18.1 Å². The van der Waals surface area contributed by atoms with Crippen LogP contribution in [0, 0.1) is 6.92 Å². The molecule has 6 nitrogen and oxygen atoms in total. The summed E-state index contributed by atoms with van der Waals surface area (Å²) < 4.78 is 1.64. The zero-order chi connectivity index (χ0) is 12.5. The van der Waals surface area contributed by atoms with Gasteiger partial charge in [-0.1, -0.05) is 11.6 Å². The Morgan fingerprint density at radius 3 is 2.94 bits per heavy atom. The Hall–Kier alpha value is -1.73. The molecule has 0 spiro atoms. The Morgan fingerprint density at radius 1 is 1.28 bits per heavy atom. The molecule has 0 saturated carbocycles. The Balaban J connectivity index is 2.16. The molecule has 0 radical (unpaired) electrons. The first-order chi connectivity index (χ1) is 8.75. The topological polar surface area (TPSA) is 68.9 Å². The average molecular weight is 279 g/mol. The fraction of sp³-hybridized carbons (Fsp3) is 0.100. The van der Waals surface area contributed by atoms with Gasteiger partial charge in [0.1, 0.15) is 21.5 Å². The Kier molecular flexibility index (Phi) is 2.85. The first-order valence-corrected chi connectivity index (χ1v) is 6.25. The summed E-state index contributed by atoms with van der Waals surface area (Å²) in [5.74, 6) is 0.469. The smallest absolute Gasteiger partial charge is 0.254 e. The van der Waals surface area contributed by atoms with Crippen LogP contribution in [-0.2, 0) is 0 Å². The number of nitrogens with zero attached hydrogens (tertiary/aromatic N) is 6. The molecule has 90 valence electrons. The van der Waals surface area contributed by atoms with E-state index in [4.69, 9.17) is 11.6 Å². The van der Waals surface area contributed by atoms with Crippen molar-refractivity contribution in [3.63, 3.8) is 0 Å². The molecule has 0 bridgehead atoms. The second-order valence-corrected chi connectivity index (χ2v) is 4.82. The maximum Gasteiger partial charge on any atom is 0.254 e. The molecule has 0 aliphatic heterocycles. The summed E-state index contributed by atoms with van der Waals surface area (Å²) >= 11 is 7.50. The van der Waals surface area contributed by atoms with Gasteiger partial charge in [0.2, 0.25) is 0 Å². The summed E-state index contributed by atoms with van der Waals surface area (Å²) in [5.41, 5.74) is 0.838. The van der Waals surface area contributed by atoms with Crippen LogP contribution in [0.5, 0.6) is 0 Å². The number of aromatic nitrogens is 6. The van der Waals surface area contributed by atoms with Crippen molar-refractivity contribution in [3.8, 4) is 0 Å². The Labute approximate surface area is 111 Å². The summed E-state index contributed by atoms with van der Waals surface area (Å²) in [4.78, 5) is 16.4. The van der Waals surface area contributed by atoms with Gasteiger partial charge in [-0.2, -0.15) is 19.6 Å². The number of hydrogen-bond acceptors (Lipinski definition) is 6. The number of hydrogen-bond donors (Lipinski definition) is 0. The molecule has 8 heteroatoms. The first-order valence-electron chi connectivity index (χ1n) is 5.05. The van der Waals surface area contributed by atoms with Crippen molar-refractivity contribution in [1.82, 2.24) is 29.5 Å². The largest absolute Gasteiger partial charge is 0.260 e. The maximum absolute atomic E-state index is 6.07. The summed E-state index contributed by atoms with van der Waals surface area (Å²) in [5, 5.41) is 6.15. The molecule has 0 atom stereocenters. The quantitative estimate of drug-likeness (QED) is 0.668. The molecule has 3 aromatic rings. The fourth-order valence-electron chi connectivity index (χ4n) is 1.43. The highest BCUT2D eigenvalue weighted by Gasteiger charge is 2.13. The molecular formula is C10H7ClN6S. The van der Waals surface area contributed by atoms with Gasteiger partial charge in [-0.05, 0) is 18.7 Å². The molecule has 0 N–H and O–H groups in total. The van der Waals surface area contributed by atoms with Crippen molar-refractivity contribution >= 4 is 29.1 Å². The Bertz CT molecular complexity index is 698. The van der Waals surface area contributed by atoms with E-state index < -0.39 is 0 Å². The van der Waals surface area contributed by atoms with Crippen LogP contribution in [0.3, 0.4) is 0 Å². The van der Waals surface area contributed by atoms with Crippen molar-refractivity contribution in [2.24, 2.45) is 0 Å². The van der Waals surface area contributed by atoms with E-state index in [2.05, 4.69) is 25.0 Å². The van der Waals surface area contributed by atoms with E-state index in [1.807, 2.05) is 6.92 Å². The van der Waals surface area contributed by atoms with Crippen LogP contribution in [0.1, 0.15) is 5.56 Å². The van der Waals surface area contributed by atoms with E-state index in [0.717, 1.165) is 15.6 Å². The lowest BCUT2D eigenvalue weighted by molar-refractivity contribution is 0.823. The standard InChI is InChI=1S/C10H7ClN6S/c1-6-8(11)16-10-14-5-15-17(10)9(6)18-7-4-12-2-3-13-7/h2-5H,1H3. The van der Waals surface area contributed by atoms with Crippen LogP contribution in [0.15, 0.2) is 35.0 Å². The maximum atomic E-state index is 6.07. The average Bonchev–Trinajstić information content (AvgIpc) is 2.84. The molecule has 0 saturated heterocycles. The molecule has 0 aromatic carbocycles. The summed E-state index contributed by atoms with van der Waals surface area (Å²) in [6, 6.07) is 0. The molecular weight excluding hydrogens is 272 g/mol. The minimum Gasteiger partial charge on any atom is -0.260 e. The van der Waals surface area contributed by atoms with Crippen LogP contribution >= 0.6 is 23.4 Å². The third kappa shape index (κ3) is 1.91. The van der Waals surface area contributed by atoms with Crippen molar-refractivity contribution in [2.45, 2.75) is 17.0 Å². The van der Waals surface area contributed by atoms with Crippen molar-refractivity contribution in [1.29, 1.82) is 0 Å². The van der Waals surface area contributed by atoms with Crippen LogP contribution in [0.2, 0.25) is 5.15 Å². The van der Waals surface area contributed by atoms with E-state index >= 15 is 0 Å². The molecule has 3 rings (SSSR count). The third-order valence-corrected chi connectivity index (χ3v) is 3.75. The highest BCUT2D eigenvalue weighted by molar-refractivity contribution is 7.99. The molecule has 18 heavy (non-hydrogen) atoms. The van der Waals surface area contributed by atoms with Gasteiger partial charge < -0.3 is 0 Å². The predicted octanol–water partition coefficient (Wildman–Crippen LogP) is 2.03. The van der Waals surface area contributed by atoms with Gasteiger partial charge in [0, 0.05) is 18.0 Å². The Morgan fingerprint density at radius 2 is 2.17 bits per heavy atom. The fourth-order valence-corrected chi connectivity index (χ4v) is 2.54. The van der Waals surface area contributed by atoms with Gasteiger partial charge in [0.05, 0.1) is 6.20 Å². The van der Waals surface area contributed by atoms with Gasteiger partial charge in [-0.25, -0.2) is 4.98 Å². The van der Waals surface area contributed by atoms with Crippen molar-refractivity contribution in [2.75, 3.05) is 0 Å². The van der Waals surface area contributed by atoms with Crippen molar-refractivity contribution in [3.05, 3.63) is 35.6 Å². The molecule has 0 fully saturated rings. The van der Waals surface area contributed by atoms with Gasteiger partial charge >= 0.3 is 0 Å². The predicted molar refractivity (Wildman–Crippen MR) is 66.7 cm³/mol. The van der Waals surface area contributed by atoms with Gasteiger partial charge in [-0.3, -0.25) is 4.98 Å². The second kappa shape index (κ2) is 4.51. The highest BCUT2D eigenvalue weighted by atomic mass is 35.5. The van der Waals surface area contributed by atoms with Crippen LogP contribution in [-0.4, -0.2) is 29.5 Å². The zero-order valence-corrected chi connectivity index (χ0v) is 10.9. The number of fused-ring (bicyclic) bond motifs is 1. The molecule has 0 unspecified atom stereocenters. The SMILES string of the molecule is Cc1c(Cl)nc2ncnn2c1Sc1cnccn1. The minimum atomic E-state index is 0.418. The molecule has 0 aliphatic rings. The van der Waals surface area contributed by atoms with E-state index in [9.17, 15) is 0 Å². The van der Waals surface area contributed by atoms with E-state index in [-0.39, 0.29) is 0 Å². The second-order valence-electron chi connectivity index (χ2n) is 3.45. The normalized spacial score (nSPS) is 11.0. The monoisotopic (exact) mass is 278 g/mol. The lowest BCUT2D eigenvalue weighted by Gasteiger charge is -2.07. The third-order valence-electron chi connectivity index (χ3n) is 2.29. The number of halogens is 1. The zero-order valence-electron chi connectivity index (χ0n) is 9.28. The van der Waals surface area contributed by atoms with Crippen LogP contribution < -0.4 is 0 Å². The van der Waals surface area contributed by atoms with Crippen molar-refractivity contribution < 1.29 is 0 Å². The van der Waals surface area contributed by atoms with E-state index in [1.54, 1.807) is 23.1 Å². The van der Waals surface area contributed by atoms with Gasteiger partial charge in [0.25, 0.3) is 5.78 Å². The molecule has 0 aliphatic carbocycles. The van der Waals surface area contributed by atoms with Crippen LogP contribution in [0.25, 0.3) is 5.78 Å². The summed E-state index contributed by atoms with van der Waals surface area (Å²) in [7, 11) is 0. The lowest BCUT2D eigenvalue weighted by atomic mass is 10.4. The summed E-state index contributed by atoms with van der Waals surface area (Å²) in [6.45, 7) is 1.88. The first kappa shape index (κ1) is 11.4. The number of rotatable bonds is 2. The van der Waals surface area contributed by atoms with Gasteiger partial charge in [0.15, 0.2) is 0 Å². The molecule has 3 aromatic heterocycles.